The van der Waals surface area contributed by atoms with E-state index in [4.69, 9.17) is 0 Å². The van der Waals surface area contributed by atoms with Gasteiger partial charge in [0, 0.05) is 0 Å². The zero-order chi connectivity index (χ0) is 8.10. The summed E-state index contributed by atoms with van der Waals surface area (Å²) in [7, 11) is 1.98. The minimum atomic E-state index is 1.06. The first-order chi connectivity index (χ1) is 5.33. The minimum absolute atomic E-state index is 1.06. The molecule has 0 unspecified atom stereocenters. The molecule has 2 heteroatoms. The maximum atomic E-state index is 3.13. The van der Waals surface area contributed by atoms with Crippen LogP contribution in [-0.2, 0) is 6.42 Å². The zero-order valence-corrected chi connectivity index (χ0v) is 7.22. The van der Waals surface area contributed by atoms with Crippen LogP contribution in [0.5, 0.6) is 0 Å². The molecule has 0 amide bonds. The zero-order valence-electron chi connectivity index (χ0n) is 7.22. The molecule has 58 valence electrons. The van der Waals surface area contributed by atoms with Gasteiger partial charge in [0.1, 0.15) is 0 Å². The van der Waals surface area contributed by atoms with Crippen LogP contribution in [0.3, 0.4) is 0 Å². The summed E-state index contributed by atoms with van der Waals surface area (Å²) in [6, 6.07) is 8.69. The fraction of sp³-hybridized carbons (Fsp3) is 0.333. The van der Waals surface area contributed by atoms with Gasteiger partial charge in [0.25, 0.3) is 0 Å². The van der Waals surface area contributed by atoms with Gasteiger partial charge in [-0.1, -0.05) is 29.8 Å². The van der Waals surface area contributed by atoms with Gasteiger partial charge in [-0.05, 0) is 25.5 Å². The molecule has 0 radical (unpaired) electrons. The lowest BCUT2D eigenvalue weighted by Crippen LogP contribution is -2.12. The van der Waals surface area contributed by atoms with E-state index in [2.05, 4.69) is 36.4 Å². The molecular formula is C9H14BN. The van der Waals surface area contributed by atoms with E-state index in [1.54, 1.807) is 0 Å². The maximum absolute atomic E-state index is 3.13. The highest BCUT2D eigenvalue weighted by atomic mass is 14.7. The Morgan fingerprint density at radius 3 is 2.45 bits per heavy atom. The Labute approximate surface area is 69.3 Å². The van der Waals surface area contributed by atoms with Gasteiger partial charge in [0.15, 0.2) is 7.98 Å². The second-order valence-electron chi connectivity index (χ2n) is 2.84. The van der Waals surface area contributed by atoms with Crippen molar-refractivity contribution in [2.24, 2.45) is 0 Å². The first-order valence-corrected chi connectivity index (χ1v) is 4.03. The van der Waals surface area contributed by atoms with E-state index in [0.717, 1.165) is 13.0 Å². The molecule has 0 saturated carbocycles. The Bertz CT molecular complexity index is 205. The van der Waals surface area contributed by atoms with E-state index in [1.165, 1.54) is 11.1 Å². The summed E-state index contributed by atoms with van der Waals surface area (Å²) in [5.41, 5.74) is 2.74. The maximum Gasteiger partial charge on any atom is 0.181 e. The number of aryl methyl sites for hydroxylation is 1. The highest BCUT2D eigenvalue weighted by molar-refractivity contribution is 6.04. The van der Waals surface area contributed by atoms with Gasteiger partial charge in [-0.2, -0.15) is 0 Å². The monoisotopic (exact) mass is 147 g/mol. The second kappa shape index (κ2) is 4.19. The Morgan fingerprint density at radius 2 is 1.91 bits per heavy atom. The molecule has 0 atom stereocenters. The molecule has 0 aliphatic heterocycles. The summed E-state index contributed by atoms with van der Waals surface area (Å²) in [4.78, 5) is 0. The van der Waals surface area contributed by atoms with Crippen LogP contribution in [0.4, 0.5) is 0 Å². The van der Waals surface area contributed by atoms with Crippen molar-refractivity contribution in [3.8, 4) is 0 Å². The predicted molar refractivity (Wildman–Crippen MR) is 51.4 cm³/mol. The smallest absolute Gasteiger partial charge is 0.181 e. The Balaban J connectivity index is 2.52. The topological polar surface area (TPSA) is 12.0 Å². The van der Waals surface area contributed by atoms with Crippen LogP contribution < -0.4 is 5.23 Å². The average Bonchev–Trinajstić information content (AvgIpc) is 2.04. The average molecular weight is 147 g/mol. The lowest BCUT2D eigenvalue weighted by Gasteiger charge is -2.00. The SMILES string of the molecule is BNCCc1ccc(C)cc1. The third-order valence-electron chi connectivity index (χ3n) is 1.78. The summed E-state index contributed by atoms with van der Waals surface area (Å²) in [6.45, 7) is 3.17. The van der Waals surface area contributed by atoms with Crippen molar-refractivity contribution in [3.05, 3.63) is 35.4 Å². The largest absolute Gasteiger partial charge is 0.362 e. The summed E-state index contributed by atoms with van der Waals surface area (Å²) < 4.78 is 0. The third kappa shape index (κ3) is 2.77. The molecule has 1 aromatic rings. The first kappa shape index (κ1) is 8.34. The van der Waals surface area contributed by atoms with Gasteiger partial charge in [-0.3, -0.25) is 0 Å². The van der Waals surface area contributed by atoms with E-state index in [1.807, 2.05) is 7.98 Å². The Kier molecular flexibility index (Phi) is 3.18. The van der Waals surface area contributed by atoms with Crippen LogP contribution in [0.1, 0.15) is 11.1 Å². The third-order valence-corrected chi connectivity index (χ3v) is 1.78. The fourth-order valence-electron chi connectivity index (χ4n) is 1.02. The van der Waals surface area contributed by atoms with Gasteiger partial charge in [0.05, 0.1) is 0 Å². The van der Waals surface area contributed by atoms with Crippen molar-refractivity contribution in [2.75, 3.05) is 6.54 Å². The van der Waals surface area contributed by atoms with Crippen LogP contribution in [-0.4, -0.2) is 14.5 Å². The number of rotatable bonds is 3. The molecule has 0 aliphatic rings. The van der Waals surface area contributed by atoms with E-state index in [-0.39, 0.29) is 0 Å². The summed E-state index contributed by atoms with van der Waals surface area (Å²) in [5.74, 6) is 0. The van der Waals surface area contributed by atoms with E-state index < -0.39 is 0 Å². The Morgan fingerprint density at radius 1 is 1.27 bits per heavy atom. The normalized spacial score (nSPS) is 9.91. The van der Waals surface area contributed by atoms with Crippen LogP contribution >= 0.6 is 0 Å². The van der Waals surface area contributed by atoms with E-state index in [9.17, 15) is 0 Å². The van der Waals surface area contributed by atoms with Gasteiger partial charge in [-0.15, -0.1) is 0 Å². The summed E-state index contributed by atoms with van der Waals surface area (Å²) >= 11 is 0. The summed E-state index contributed by atoms with van der Waals surface area (Å²) in [6.07, 6.45) is 1.12. The molecule has 0 spiro atoms. The highest BCUT2D eigenvalue weighted by Crippen LogP contribution is 2.02. The van der Waals surface area contributed by atoms with Crippen molar-refractivity contribution in [1.82, 2.24) is 5.23 Å². The number of nitrogens with one attached hydrogen (secondary N) is 1. The van der Waals surface area contributed by atoms with E-state index >= 15 is 0 Å². The molecule has 0 bridgehead atoms. The lowest BCUT2D eigenvalue weighted by atomic mass is 10.1. The molecule has 1 rings (SSSR count). The molecule has 1 aromatic carbocycles. The van der Waals surface area contributed by atoms with Gasteiger partial charge in [-0.25, -0.2) is 0 Å². The molecule has 0 heterocycles. The number of benzene rings is 1. The molecule has 0 aliphatic carbocycles. The lowest BCUT2D eigenvalue weighted by molar-refractivity contribution is 0.897. The standard InChI is InChI=1S/C9H14BN/c1-8-2-4-9(5-3-8)6-7-11-10/h2-5,11H,6-7,10H2,1H3. The highest BCUT2D eigenvalue weighted by Gasteiger charge is 1.89. The van der Waals surface area contributed by atoms with Gasteiger partial charge < -0.3 is 5.23 Å². The van der Waals surface area contributed by atoms with Crippen molar-refractivity contribution in [1.29, 1.82) is 0 Å². The van der Waals surface area contributed by atoms with Crippen LogP contribution in [0.15, 0.2) is 24.3 Å². The number of hydrogen-bond donors (Lipinski definition) is 1. The molecule has 11 heavy (non-hydrogen) atoms. The van der Waals surface area contributed by atoms with Crippen molar-refractivity contribution >= 4 is 7.98 Å². The quantitative estimate of drug-likeness (QED) is 0.619. The molecular weight excluding hydrogens is 133 g/mol. The van der Waals surface area contributed by atoms with Gasteiger partial charge >= 0.3 is 0 Å². The van der Waals surface area contributed by atoms with Crippen LogP contribution in [0.25, 0.3) is 0 Å². The van der Waals surface area contributed by atoms with Crippen LogP contribution in [0, 0.1) is 6.92 Å². The second-order valence-corrected chi connectivity index (χ2v) is 2.84. The van der Waals surface area contributed by atoms with Crippen molar-refractivity contribution in [2.45, 2.75) is 13.3 Å². The molecule has 0 aromatic heterocycles. The van der Waals surface area contributed by atoms with Crippen LogP contribution in [0.2, 0.25) is 0 Å². The summed E-state index contributed by atoms with van der Waals surface area (Å²) in [5, 5.41) is 3.13. The van der Waals surface area contributed by atoms with Crippen molar-refractivity contribution < 1.29 is 0 Å². The first-order valence-electron chi connectivity index (χ1n) is 4.03. The number of hydrogen-bond acceptors (Lipinski definition) is 1. The molecule has 0 fully saturated rings. The van der Waals surface area contributed by atoms with Crippen molar-refractivity contribution in [3.63, 3.8) is 0 Å². The predicted octanol–water partition coefficient (Wildman–Crippen LogP) is 0.675. The van der Waals surface area contributed by atoms with E-state index in [0.29, 0.717) is 0 Å². The van der Waals surface area contributed by atoms with Gasteiger partial charge in [0.2, 0.25) is 0 Å². The minimum Gasteiger partial charge on any atom is -0.362 e. The Hall–Kier alpha value is -0.755. The fourth-order valence-corrected chi connectivity index (χ4v) is 1.02. The molecule has 1 nitrogen and oxygen atoms in total. The molecule has 1 N–H and O–H groups in total. The molecule has 0 saturated heterocycles.